The molecule has 0 atom stereocenters. The number of nitrogens with zero attached hydrogens (tertiary/aromatic N) is 5. The number of aryl methyl sites for hydroxylation is 1. The van der Waals surface area contributed by atoms with Crippen molar-refractivity contribution >= 4 is 9.84 Å². The topological polar surface area (TPSA) is 142 Å². The van der Waals surface area contributed by atoms with Crippen LogP contribution >= 0.6 is 0 Å². The van der Waals surface area contributed by atoms with Gasteiger partial charge in [-0.25, -0.2) is 17.5 Å². The average Bonchev–Trinajstić information content (AvgIpc) is 3.71. The number of aromatic nitrogens is 5. The van der Waals surface area contributed by atoms with Gasteiger partial charge in [0.15, 0.2) is 21.3 Å². The van der Waals surface area contributed by atoms with Crippen molar-refractivity contribution in [2.24, 2.45) is 7.05 Å². The summed E-state index contributed by atoms with van der Waals surface area (Å²) in [5, 5.41) is 30.8. The van der Waals surface area contributed by atoms with Crippen molar-refractivity contribution in [3.8, 4) is 50.8 Å². The first-order chi connectivity index (χ1) is 21.6. The molecule has 0 radical (unpaired) electrons. The molecule has 0 amide bonds. The van der Waals surface area contributed by atoms with Crippen molar-refractivity contribution in [2.45, 2.75) is 23.7 Å². The number of hydrogen-bond acceptors (Lipinski definition) is 9. The van der Waals surface area contributed by atoms with Gasteiger partial charge in [0.05, 0.1) is 34.8 Å². The number of benzene rings is 3. The fourth-order valence-corrected chi connectivity index (χ4v) is 6.01. The molecule has 6 rings (SSSR count). The minimum atomic E-state index is -3.98. The molecule has 2 aromatic heterocycles. The summed E-state index contributed by atoms with van der Waals surface area (Å²) in [4.78, 5) is -0.434. The van der Waals surface area contributed by atoms with Crippen molar-refractivity contribution in [2.75, 3.05) is 12.9 Å². The van der Waals surface area contributed by atoms with Crippen molar-refractivity contribution < 1.29 is 50.1 Å². The number of hydrogen-bond donors (Lipinski definition) is 2. The summed E-state index contributed by atoms with van der Waals surface area (Å²) in [6, 6.07) is 11.7. The fraction of sp³-hybridized carbons (Fsp3) is 0.207. The van der Waals surface area contributed by atoms with E-state index in [4.69, 9.17) is 0 Å². The number of aliphatic hydroxyl groups excluding tert-OH is 2. The molecule has 3 aromatic carbocycles. The van der Waals surface area contributed by atoms with Crippen LogP contribution in [-0.2, 0) is 29.4 Å². The molecule has 0 spiro atoms. The number of alkyl halides is 4. The Kier molecular flexibility index (Phi) is 7.37. The van der Waals surface area contributed by atoms with Gasteiger partial charge in [0.25, 0.3) is 0 Å². The molecule has 240 valence electrons. The van der Waals surface area contributed by atoms with Crippen molar-refractivity contribution in [3.63, 3.8) is 0 Å². The Hall–Kier alpha value is -4.87. The number of ether oxygens (including phenoxy) is 2. The molecule has 0 unspecified atom stereocenters. The van der Waals surface area contributed by atoms with Crippen LogP contribution < -0.4 is 9.47 Å². The maximum absolute atomic E-state index is 15.1. The quantitative estimate of drug-likeness (QED) is 0.231. The van der Waals surface area contributed by atoms with E-state index in [2.05, 4.69) is 24.9 Å². The minimum Gasteiger partial charge on any atom is -0.395 e. The second-order valence-corrected chi connectivity index (χ2v) is 12.3. The zero-order valence-electron chi connectivity index (χ0n) is 23.7. The Balaban J connectivity index is 1.57. The van der Waals surface area contributed by atoms with E-state index in [1.54, 1.807) is 0 Å². The van der Waals surface area contributed by atoms with Crippen molar-refractivity contribution in [1.82, 2.24) is 24.8 Å². The number of fused-ring (bicyclic) bond motifs is 1. The zero-order chi connectivity index (χ0) is 33.2. The van der Waals surface area contributed by atoms with Crippen LogP contribution in [0.2, 0.25) is 0 Å². The predicted molar refractivity (Wildman–Crippen MR) is 151 cm³/mol. The van der Waals surface area contributed by atoms with Gasteiger partial charge in [0.1, 0.15) is 18.1 Å². The Labute approximate surface area is 257 Å². The summed E-state index contributed by atoms with van der Waals surface area (Å²) >= 11 is 0. The molecule has 0 saturated heterocycles. The highest BCUT2D eigenvalue weighted by Gasteiger charge is 2.43. The van der Waals surface area contributed by atoms with Gasteiger partial charge in [-0.15, -0.1) is 13.9 Å². The van der Waals surface area contributed by atoms with Gasteiger partial charge in [-0.1, -0.05) is 17.3 Å². The summed E-state index contributed by atoms with van der Waals surface area (Å²) in [5.41, 5.74) is 0.249. The van der Waals surface area contributed by atoms with Gasteiger partial charge < -0.3 is 19.7 Å². The number of rotatable bonds is 8. The smallest absolute Gasteiger partial charge is 0.395 e. The zero-order valence-corrected chi connectivity index (χ0v) is 24.6. The normalized spacial score (nSPS) is 14.2. The van der Waals surface area contributed by atoms with Crippen LogP contribution in [-0.4, -0.2) is 62.6 Å². The molecule has 5 aromatic rings. The van der Waals surface area contributed by atoms with Gasteiger partial charge in [-0.05, 0) is 53.6 Å². The van der Waals surface area contributed by atoms with Crippen molar-refractivity contribution in [3.05, 3.63) is 77.9 Å². The first kappa shape index (κ1) is 31.1. The summed E-state index contributed by atoms with van der Waals surface area (Å²) in [5.74, 6) is -5.12. The Bertz CT molecular complexity index is 2120. The third kappa shape index (κ3) is 5.45. The van der Waals surface area contributed by atoms with E-state index < -0.39 is 57.2 Å². The summed E-state index contributed by atoms with van der Waals surface area (Å²) in [6.45, 7) is -2.37. The van der Waals surface area contributed by atoms with Crippen LogP contribution in [0.1, 0.15) is 11.3 Å². The SMILES string of the molecule is Cn1nc(C(F)(F)CO)cc1-c1ccc(-c2cc(F)c(CO)c(S(C)(=O)=O)c2)cc1-n1nncc1-c1ccc2c(c1)OC(F)(F)O2. The average molecular weight is 664 g/mol. The highest BCUT2D eigenvalue weighted by molar-refractivity contribution is 7.90. The standard InChI is InChI=1S/C29H22F5N5O6S/c1-38-21(11-27(36-38)28(31,32)14-41)18-5-3-15(17-7-20(30)19(13-40)26(10-17)46(2,42)43)8-22(18)39-23(12-35-37-39)16-4-6-24-25(9-16)45-29(33,34)44-24/h3-12,40-41H,13-14H2,1-2H3. The number of aliphatic hydroxyl groups is 2. The largest absolute Gasteiger partial charge is 0.586 e. The van der Waals surface area contributed by atoms with Crippen LogP contribution in [0.3, 0.4) is 0 Å². The van der Waals surface area contributed by atoms with E-state index in [1.165, 1.54) is 60.4 Å². The summed E-state index contributed by atoms with van der Waals surface area (Å²) in [6.07, 6.45) is -1.71. The molecule has 11 nitrogen and oxygen atoms in total. The van der Waals surface area contributed by atoms with Gasteiger partial charge in [0.2, 0.25) is 0 Å². The van der Waals surface area contributed by atoms with Gasteiger partial charge in [-0.2, -0.15) is 13.9 Å². The monoisotopic (exact) mass is 663 g/mol. The maximum Gasteiger partial charge on any atom is 0.586 e. The first-order valence-corrected chi connectivity index (χ1v) is 15.1. The summed E-state index contributed by atoms with van der Waals surface area (Å²) < 4.78 is 108. The van der Waals surface area contributed by atoms with Gasteiger partial charge in [0, 0.05) is 30.0 Å². The highest BCUT2D eigenvalue weighted by atomic mass is 32.2. The van der Waals surface area contributed by atoms with Crippen molar-refractivity contribution in [1.29, 1.82) is 0 Å². The molecule has 17 heteroatoms. The van der Waals surface area contributed by atoms with Crippen LogP contribution in [0, 0.1) is 5.82 Å². The van der Waals surface area contributed by atoms with E-state index >= 15 is 4.39 Å². The van der Waals surface area contributed by atoms with Gasteiger partial charge >= 0.3 is 12.2 Å². The lowest BCUT2D eigenvalue weighted by Gasteiger charge is -2.16. The van der Waals surface area contributed by atoms with Crippen LogP contribution in [0.15, 0.2) is 65.7 Å². The molecule has 1 aliphatic rings. The molecule has 0 fully saturated rings. The Morgan fingerprint density at radius 3 is 2.35 bits per heavy atom. The lowest BCUT2D eigenvalue weighted by atomic mass is 9.98. The molecular formula is C29H22F5N5O6S. The maximum atomic E-state index is 15.1. The van der Waals surface area contributed by atoms with Crippen LogP contribution in [0.25, 0.3) is 39.3 Å². The van der Waals surface area contributed by atoms with Crippen LogP contribution in [0.4, 0.5) is 22.0 Å². The molecule has 2 N–H and O–H groups in total. The lowest BCUT2D eigenvalue weighted by Crippen LogP contribution is -2.25. The molecule has 0 aliphatic carbocycles. The highest BCUT2D eigenvalue weighted by Crippen LogP contribution is 2.44. The molecular weight excluding hydrogens is 641 g/mol. The fourth-order valence-electron chi connectivity index (χ4n) is 5.06. The van der Waals surface area contributed by atoms with Crippen LogP contribution in [0.5, 0.6) is 11.5 Å². The first-order valence-electron chi connectivity index (χ1n) is 13.2. The Morgan fingerprint density at radius 1 is 0.935 bits per heavy atom. The third-order valence-corrected chi connectivity index (χ3v) is 8.41. The minimum absolute atomic E-state index is 0.0902. The molecule has 3 heterocycles. The Morgan fingerprint density at radius 2 is 1.65 bits per heavy atom. The summed E-state index contributed by atoms with van der Waals surface area (Å²) in [7, 11) is -2.59. The molecule has 0 bridgehead atoms. The predicted octanol–water partition coefficient (Wildman–Crippen LogP) is 4.44. The van der Waals surface area contributed by atoms with Gasteiger partial charge in [-0.3, -0.25) is 4.68 Å². The molecule has 46 heavy (non-hydrogen) atoms. The van der Waals surface area contributed by atoms with E-state index in [-0.39, 0.29) is 50.8 Å². The van der Waals surface area contributed by atoms with E-state index in [0.29, 0.717) is 0 Å². The van der Waals surface area contributed by atoms with E-state index in [0.717, 1.165) is 23.1 Å². The third-order valence-electron chi connectivity index (χ3n) is 7.25. The molecule has 1 aliphatic heterocycles. The lowest BCUT2D eigenvalue weighted by molar-refractivity contribution is -0.286. The second-order valence-electron chi connectivity index (χ2n) is 10.4. The van der Waals surface area contributed by atoms with E-state index in [9.17, 15) is 36.2 Å². The number of halogens is 5. The number of sulfone groups is 1. The molecule has 0 saturated carbocycles. The van der Waals surface area contributed by atoms with E-state index in [1.807, 2.05) is 0 Å². The second kappa shape index (κ2) is 10.9.